The van der Waals surface area contributed by atoms with Crippen molar-refractivity contribution in [2.24, 2.45) is 0 Å². The van der Waals surface area contributed by atoms with Crippen LogP contribution in [0.15, 0.2) is 18.2 Å². The van der Waals surface area contributed by atoms with Gasteiger partial charge in [-0.2, -0.15) is 0 Å². The Bertz CT molecular complexity index is 651. The van der Waals surface area contributed by atoms with Crippen LogP contribution in [-0.4, -0.2) is 54.2 Å². The molecular formula is C15H18N2O6S. The van der Waals surface area contributed by atoms with Gasteiger partial charge in [-0.05, 0) is 12.1 Å². The van der Waals surface area contributed by atoms with Crippen LogP contribution < -0.4 is 20.1 Å². The van der Waals surface area contributed by atoms with Gasteiger partial charge in [-0.1, -0.05) is 0 Å². The summed E-state index contributed by atoms with van der Waals surface area (Å²) in [6.45, 7) is 0. The molecule has 2 rings (SSSR count). The van der Waals surface area contributed by atoms with Crippen LogP contribution in [0.2, 0.25) is 0 Å². The summed E-state index contributed by atoms with van der Waals surface area (Å²) in [7, 11) is 2.99. The van der Waals surface area contributed by atoms with Gasteiger partial charge in [0.2, 0.25) is 11.8 Å². The van der Waals surface area contributed by atoms with Gasteiger partial charge in [-0.3, -0.25) is 9.59 Å². The summed E-state index contributed by atoms with van der Waals surface area (Å²) in [5, 5.41) is 13.3. The Balaban J connectivity index is 1.99. The number of thioether (sulfide) groups is 1. The molecule has 1 heterocycles. The Kier molecular flexibility index (Phi) is 5.91. The fourth-order valence-corrected chi connectivity index (χ4v) is 3.30. The largest absolute Gasteiger partial charge is 0.497 e. The van der Waals surface area contributed by atoms with Crippen LogP contribution in [-0.2, 0) is 14.4 Å². The number of ether oxygens (including phenoxy) is 2. The van der Waals surface area contributed by atoms with Gasteiger partial charge in [-0.25, -0.2) is 4.79 Å². The van der Waals surface area contributed by atoms with Crippen molar-refractivity contribution >= 4 is 35.2 Å². The van der Waals surface area contributed by atoms with Crippen molar-refractivity contribution in [3.05, 3.63) is 18.2 Å². The van der Waals surface area contributed by atoms with Crippen LogP contribution >= 0.6 is 11.8 Å². The topological polar surface area (TPSA) is 114 Å². The van der Waals surface area contributed by atoms with Gasteiger partial charge in [0, 0.05) is 18.2 Å². The first-order chi connectivity index (χ1) is 11.4. The number of hydrogen-bond acceptors (Lipinski definition) is 6. The maximum atomic E-state index is 12.2. The number of aliphatic carboxylic acids is 1. The van der Waals surface area contributed by atoms with Crippen molar-refractivity contribution in [3.63, 3.8) is 0 Å². The fourth-order valence-electron chi connectivity index (χ4n) is 2.16. The molecule has 1 aromatic rings. The van der Waals surface area contributed by atoms with Gasteiger partial charge in [-0.15, -0.1) is 11.8 Å². The van der Waals surface area contributed by atoms with Crippen molar-refractivity contribution in [1.82, 2.24) is 5.32 Å². The predicted molar refractivity (Wildman–Crippen MR) is 88.6 cm³/mol. The summed E-state index contributed by atoms with van der Waals surface area (Å²) in [6.07, 6.45) is -0.0663. The molecule has 0 radical (unpaired) electrons. The number of anilines is 1. The first kappa shape index (κ1) is 17.9. The van der Waals surface area contributed by atoms with Crippen LogP contribution in [0.25, 0.3) is 0 Å². The molecule has 0 aliphatic carbocycles. The summed E-state index contributed by atoms with van der Waals surface area (Å²) in [6, 6.07) is 4.06. The van der Waals surface area contributed by atoms with Gasteiger partial charge in [0.1, 0.15) is 17.5 Å². The van der Waals surface area contributed by atoms with Crippen molar-refractivity contribution < 1.29 is 29.0 Å². The minimum Gasteiger partial charge on any atom is -0.497 e. The lowest BCUT2D eigenvalue weighted by atomic mass is 10.2. The van der Waals surface area contributed by atoms with Crippen LogP contribution in [0, 0.1) is 0 Å². The molecule has 2 amide bonds. The van der Waals surface area contributed by atoms with Gasteiger partial charge in [0.15, 0.2) is 0 Å². The number of carbonyl (C=O) groups excluding carboxylic acids is 2. The standard InChI is InChI=1S/C15H18N2O6S/c1-22-8-3-4-11(23-2)9(5-8)16-13(18)6-12-14(19)17-10(7-24-12)15(20)21/h3-5,10,12H,6-7H2,1-2H3,(H,16,18)(H,17,19)(H,20,21)/t10-,12+/m1/s1. The Morgan fingerprint density at radius 3 is 2.71 bits per heavy atom. The Hall–Kier alpha value is -2.42. The minimum absolute atomic E-state index is 0.0663. The Labute approximate surface area is 142 Å². The van der Waals surface area contributed by atoms with Crippen LogP contribution in [0.4, 0.5) is 5.69 Å². The Morgan fingerprint density at radius 1 is 1.38 bits per heavy atom. The third-order valence-electron chi connectivity index (χ3n) is 3.42. The van der Waals surface area contributed by atoms with E-state index in [-0.39, 0.29) is 18.1 Å². The lowest BCUT2D eigenvalue weighted by Crippen LogP contribution is -2.51. The molecule has 130 valence electrons. The highest BCUT2D eigenvalue weighted by Crippen LogP contribution is 2.29. The molecule has 2 atom stereocenters. The average Bonchev–Trinajstić information content (AvgIpc) is 2.56. The number of rotatable bonds is 6. The number of benzene rings is 1. The fraction of sp³-hybridized carbons (Fsp3) is 0.400. The van der Waals surface area contributed by atoms with E-state index in [1.54, 1.807) is 18.2 Å². The lowest BCUT2D eigenvalue weighted by molar-refractivity contribution is -0.141. The van der Waals surface area contributed by atoms with E-state index in [4.69, 9.17) is 14.6 Å². The van der Waals surface area contributed by atoms with E-state index in [1.165, 1.54) is 14.2 Å². The van der Waals surface area contributed by atoms with Crippen LogP contribution in [0.3, 0.4) is 0 Å². The SMILES string of the molecule is COc1ccc(OC)c(NC(=O)C[C@@H]2SC[C@H](C(=O)O)NC2=O)c1. The number of amides is 2. The van der Waals surface area contributed by atoms with E-state index in [2.05, 4.69) is 10.6 Å². The zero-order valence-electron chi connectivity index (χ0n) is 13.2. The first-order valence-corrected chi connectivity index (χ1v) is 8.16. The zero-order chi connectivity index (χ0) is 17.7. The second kappa shape index (κ2) is 7.91. The molecule has 9 heteroatoms. The molecule has 1 aliphatic rings. The van der Waals surface area contributed by atoms with E-state index < -0.39 is 23.2 Å². The van der Waals surface area contributed by atoms with Gasteiger partial charge in [0.25, 0.3) is 0 Å². The molecule has 0 unspecified atom stereocenters. The number of hydrogen-bond donors (Lipinski definition) is 3. The molecule has 0 bridgehead atoms. The second-order valence-corrected chi connectivity index (χ2v) is 6.28. The van der Waals surface area contributed by atoms with Crippen LogP contribution in [0.1, 0.15) is 6.42 Å². The maximum absolute atomic E-state index is 12.2. The number of carbonyl (C=O) groups is 3. The average molecular weight is 354 g/mol. The van der Waals surface area contributed by atoms with Gasteiger partial charge >= 0.3 is 5.97 Å². The van der Waals surface area contributed by atoms with Gasteiger partial charge < -0.3 is 25.2 Å². The molecular weight excluding hydrogens is 336 g/mol. The zero-order valence-corrected chi connectivity index (χ0v) is 14.0. The molecule has 8 nitrogen and oxygen atoms in total. The Morgan fingerprint density at radius 2 is 2.12 bits per heavy atom. The minimum atomic E-state index is -1.08. The summed E-state index contributed by atoms with van der Waals surface area (Å²) >= 11 is 1.15. The molecule has 0 saturated carbocycles. The highest BCUT2D eigenvalue weighted by Gasteiger charge is 2.33. The number of carboxylic acid groups (broad SMARTS) is 1. The van der Waals surface area contributed by atoms with Crippen molar-refractivity contribution in [2.75, 3.05) is 25.3 Å². The number of nitrogens with one attached hydrogen (secondary N) is 2. The second-order valence-electron chi connectivity index (χ2n) is 5.04. The van der Waals surface area contributed by atoms with Crippen molar-refractivity contribution in [3.8, 4) is 11.5 Å². The number of carboxylic acids is 1. The smallest absolute Gasteiger partial charge is 0.327 e. The first-order valence-electron chi connectivity index (χ1n) is 7.11. The molecule has 1 aromatic carbocycles. The maximum Gasteiger partial charge on any atom is 0.327 e. The lowest BCUT2D eigenvalue weighted by Gasteiger charge is -2.26. The highest BCUT2D eigenvalue weighted by molar-refractivity contribution is 8.00. The van der Waals surface area contributed by atoms with Crippen LogP contribution in [0.5, 0.6) is 11.5 Å². The van der Waals surface area contributed by atoms with E-state index in [9.17, 15) is 14.4 Å². The third kappa shape index (κ3) is 4.31. The molecule has 0 spiro atoms. The summed E-state index contributed by atoms with van der Waals surface area (Å²) in [5.41, 5.74) is 0.437. The normalized spacial score (nSPS) is 20.0. The van der Waals surface area contributed by atoms with E-state index >= 15 is 0 Å². The molecule has 1 saturated heterocycles. The summed E-state index contributed by atoms with van der Waals surface area (Å²) < 4.78 is 10.3. The molecule has 24 heavy (non-hydrogen) atoms. The predicted octanol–water partition coefficient (Wildman–Crippen LogP) is 0.717. The molecule has 1 fully saturated rings. The molecule has 3 N–H and O–H groups in total. The number of methoxy groups -OCH3 is 2. The highest BCUT2D eigenvalue weighted by atomic mass is 32.2. The third-order valence-corrected chi connectivity index (χ3v) is 4.73. The monoisotopic (exact) mass is 354 g/mol. The molecule has 1 aliphatic heterocycles. The van der Waals surface area contributed by atoms with Crippen molar-refractivity contribution in [2.45, 2.75) is 17.7 Å². The quantitative estimate of drug-likeness (QED) is 0.689. The molecule has 0 aromatic heterocycles. The summed E-state index contributed by atoms with van der Waals surface area (Å²) in [4.78, 5) is 35.0. The van der Waals surface area contributed by atoms with E-state index in [0.29, 0.717) is 17.2 Å². The van der Waals surface area contributed by atoms with E-state index in [1.807, 2.05) is 0 Å². The summed E-state index contributed by atoms with van der Waals surface area (Å²) in [5.74, 6) is -0.660. The van der Waals surface area contributed by atoms with Gasteiger partial charge in [0.05, 0.1) is 25.2 Å². The van der Waals surface area contributed by atoms with E-state index in [0.717, 1.165) is 11.8 Å². The van der Waals surface area contributed by atoms with Crippen molar-refractivity contribution in [1.29, 1.82) is 0 Å².